The van der Waals surface area contributed by atoms with Crippen LogP contribution in [-0.4, -0.2) is 16.2 Å². The van der Waals surface area contributed by atoms with Gasteiger partial charge in [0.15, 0.2) is 0 Å². The number of allylic oxidation sites excluding steroid dienone is 2. The molecule has 102 valence electrons. The zero-order chi connectivity index (χ0) is 14.4. The number of carboxylic acid groups (broad SMARTS) is 1. The second-order valence-electron chi connectivity index (χ2n) is 7.19. The Labute approximate surface area is 109 Å². The third kappa shape index (κ3) is 2.18. The van der Waals surface area contributed by atoms with Crippen LogP contribution in [-0.2, 0) is 4.79 Å². The number of aliphatic carboxylic acids is 1. The minimum absolute atomic E-state index is 0.149. The fraction of sp³-hybridized carbons (Fsp3) is 0.667. The monoisotopic (exact) mass is 252 g/mol. The van der Waals surface area contributed by atoms with Crippen molar-refractivity contribution in [2.45, 2.75) is 41.5 Å². The average Bonchev–Trinajstić information content (AvgIpc) is 2.13. The predicted octanol–water partition coefficient (Wildman–Crippen LogP) is 3.78. The molecule has 0 radical (unpaired) electrons. The van der Waals surface area contributed by atoms with Crippen molar-refractivity contribution < 1.29 is 15.0 Å². The average molecular weight is 252 g/mol. The van der Waals surface area contributed by atoms with Gasteiger partial charge in [0.1, 0.15) is 5.76 Å². The van der Waals surface area contributed by atoms with E-state index in [2.05, 4.69) is 0 Å². The lowest BCUT2D eigenvalue weighted by atomic mass is 9.52. The summed E-state index contributed by atoms with van der Waals surface area (Å²) in [6, 6.07) is 0. The number of hydrogen-bond acceptors (Lipinski definition) is 2. The van der Waals surface area contributed by atoms with E-state index in [-0.39, 0.29) is 17.1 Å². The number of carbonyl (C=O) groups is 1. The fourth-order valence-electron chi connectivity index (χ4n) is 2.85. The number of carboxylic acids is 1. The third-order valence-corrected chi connectivity index (χ3v) is 3.87. The van der Waals surface area contributed by atoms with Crippen molar-refractivity contribution in [1.29, 1.82) is 0 Å². The zero-order valence-corrected chi connectivity index (χ0v) is 12.1. The van der Waals surface area contributed by atoms with Gasteiger partial charge in [0.2, 0.25) is 0 Å². The Morgan fingerprint density at radius 2 is 1.72 bits per heavy atom. The van der Waals surface area contributed by atoms with E-state index in [9.17, 15) is 15.0 Å². The summed E-state index contributed by atoms with van der Waals surface area (Å²) in [5.74, 6) is -0.946. The van der Waals surface area contributed by atoms with Crippen LogP contribution < -0.4 is 0 Å². The molecule has 0 saturated heterocycles. The second-order valence-corrected chi connectivity index (χ2v) is 7.19. The van der Waals surface area contributed by atoms with E-state index < -0.39 is 16.8 Å². The summed E-state index contributed by atoms with van der Waals surface area (Å²) in [7, 11) is 0. The molecule has 0 saturated carbocycles. The summed E-state index contributed by atoms with van der Waals surface area (Å²) >= 11 is 0. The van der Waals surface area contributed by atoms with Gasteiger partial charge in [-0.2, -0.15) is 0 Å². The Kier molecular flexibility index (Phi) is 3.41. The molecule has 0 heterocycles. The minimum Gasteiger partial charge on any atom is -0.508 e. The fourth-order valence-corrected chi connectivity index (χ4v) is 2.85. The summed E-state index contributed by atoms with van der Waals surface area (Å²) in [6.45, 7) is 11.8. The molecule has 2 atom stereocenters. The van der Waals surface area contributed by atoms with Crippen molar-refractivity contribution >= 4 is 5.97 Å². The van der Waals surface area contributed by atoms with Crippen LogP contribution in [0.25, 0.3) is 0 Å². The van der Waals surface area contributed by atoms with Crippen molar-refractivity contribution in [3.63, 3.8) is 0 Å². The van der Waals surface area contributed by atoms with Gasteiger partial charge in [-0.15, -0.1) is 0 Å². The molecule has 18 heavy (non-hydrogen) atoms. The molecule has 3 nitrogen and oxygen atoms in total. The topological polar surface area (TPSA) is 57.5 Å². The quantitative estimate of drug-likeness (QED) is 0.746. The lowest BCUT2D eigenvalue weighted by molar-refractivity contribution is -0.158. The molecule has 0 aromatic rings. The van der Waals surface area contributed by atoms with E-state index in [1.54, 1.807) is 12.2 Å². The smallest absolute Gasteiger partial charge is 0.314 e. The molecule has 0 aliphatic heterocycles. The Balaban J connectivity index is 3.51. The van der Waals surface area contributed by atoms with E-state index in [0.717, 1.165) is 0 Å². The van der Waals surface area contributed by atoms with Crippen LogP contribution in [0.3, 0.4) is 0 Å². The number of rotatable bonds is 1. The van der Waals surface area contributed by atoms with Crippen LogP contribution in [0.15, 0.2) is 24.0 Å². The molecular weight excluding hydrogens is 228 g/mol. The standard InChI is InChI=1S/C15H24O3/c1-13(2,3)11-9-10(16)7-8-15(11,12(17)18)14(4,5)6/h7-9,11,16H,1-6H3,(H,17,18). The Bertz CT molecular complexity index is 404. The highest BCUT2D eigenvalue weighted by atomic mass is 16.4. The van der Waals surface area contributed by atoms with Gasteiger partial charge in [0.25, 0.3) is 0 Å². The highest BCUT2D eigenvalue weighted by Crippen LogP contribution is 2.54. The Morgan fingerprint density at radius 1 is 1.22 bits per heavy atom. The number of hydrogen-bond donors (Lipinski definition) is 2. The molecule has 1 rings (SSSR count). The maximum Gasteiger partial charge on any atom is 0.314 e. The largest absolute Gasteiger partial charge is 0.508 e. The predicted molar refractivity (Wildman–Crippen MR) is 72.3 cm³/mol. The number of aliphatic hydroxyl groups is 1. The van der Waals surface area contributed by atoms with Crippen molar-refractivity contribution in [3.05, 3.63) is 24.0 Å². The molecule has 0 amide bonds. The summed E-state index contributed by atoms with van der Waals surface area (Å²) in [6.07, 6.45) is 4.83. The minimum atomic E-state index is -1.00. The Morgan fingerprint density at radius 3 is 2.06 bits per heavy atom. The van der Waals surface area contributed by atoms with Crippen LogP contribution in [0.5, 0.6) is 0 Å². The first-order valence-electron chi connectivity index (χ1n) is 6.26. The molecule has 0 fully saturated rings. The molecule has 0 aromatic heterocycles. The first-order chi connectivity index (χ1) is 7.93. The molecule has 0 aromatic carbocycles. The zero-order valence-electron chi connectivity index (χ0n) is 12.1. The van der Waals surface area contributed by atoms with E-state index >= 15 is 0 Å². The van der Waals surface area contributed by atoms with Crippen LogP contribution in [0.2, 0.25) is 0 Å². The SMILES string of the molecule is CC(C)(C)C1C=C(O)C=CC1(C(=O)O)C(C)(C)C. The van der Waals surface area contributed by atoms with Gasteiger partial charge in [-0.1, -0.05) is 47.6 Å². The Hall–Kier alpha value is -1.25. The first kappa shape index (κ1) is 14.8. The van der Waals surface area contributed by atoms with Gasteiger partial charge in [-0.05, 0) is 23.0 Å². The van der Waals surface area contributed by atoms with Gasteiger partial charge < -0.3 is 10.2 Å². The van der Waals surface area contributed by atoms with Crippen LogP contribution in [0.4, 0.5) is 0 Å². The van der Waals surface area contributed by atoms with Crippen LogP contribution in [0, 0.1) is 22.2 Å². The summed E-state index contributed by atoms with van der Waals surface area (Å²) in [5.41, 5.74) is -1.69. The normalized spacial score (nSPS) is 29.0. The van der Waals surface area contributed by atoms with Gasteiger partial charge >= 0.3 is 5.97 Å². The highest BCUT2D eigenvalue weighted by molar-refractivity contribution is 5.80. The van der Waals surface area contributed by atoms with E-state index in [4.69, 9.17) is 0 Å². The van der Waals surface area contributed by atoms with E-state index in [0.29, 0.717) is 0 Å². The van der Waals surface area contributed by atoms with Gasteiger partial charge in [-0.25, -0.2) is 0 Å². The lowest BCUT2D eigenvalue weighted by Crippen LogP contribution is -2.51. The molecule has 0 bridgehead atoms. The second kappa shape index (κ2) is 4.15. The molecule has 2 N–H and O–H groups in total. The molecule has 2 unspecified atom stereocenters. The highest BCUT2D eigenvalue weighted by Gasteiger charge is 2.56. The van der Waals surface area contributed by atoms with Crippen molar-refractivity contribution in [1.82, 2.24) is 0 Å². The summed E-state index contributed by atoms with van der Waals surface area (Å²) < 4.78 is 0. The van der Waals surface area contributed by atoms with Crippen molar-refractivity contribution in [2.24, 2.45) is 22.2 Å². The maximum atomic E-state index is 11.9. The molecule has 1 aliphatic carbocycles. The van der Waals surface area contributed by atoms with Gasteiger partial charge in [0, 0.05) is 5.92 Å². The van der Waals surface area contributed by atoms with Gasteiger partial charge in [0.05, 0.1) is 5.41 Å². The third-order valence-electron chi connectivity index (χ3n) is 3.87. The van der Waals surface area contributed by atoms with E-state index in [1.807, 2.05) is 41.5 Å². The molecule has 3 heteroatoms. The molecule has 0 spiro atoms. The lowest BCUT2D eigenvalue weighted by Gasteiger charge is -2.49. The maximum absolute atomic E-state index is 11.9. The first-order valence-corrected chi connectivity index (χ1v) is 6.26. The van der Waals surface area contributed by atoms with Crippen molar-refractivity contribution in [3.8, 4) is 0 Å². The summed E-state index contributed by atoms with van der Waals surface area (Å²) in [5, 5.41) is 19.5. The van der Waals surface area contributed by atoms with Gasteiger partial charge in [-0.3, -0.25) is 4.79 Å². The van der Waals surface area contributed by atoms with Crippen LogP contribution in [0.1, 0.15) is 41.5 Å². The van der Waals surface area contributed by atoms with Crippen LogP contribution >= 0.6 is 0 Å². The number of aliphatic hydroxyl groups excluding tert-OH is 1. The van der Waals surface area contributed by atoms with Crippen molar-refractivity contribution in [2.75, 3.05) is 0 Å². The van der Waals surface area contributed by atoms with E-state index in [1.165, 1.54) is 6.08 Å². The molecular formula is C15H24O3. The molecule has 1 aliphatic rings. The summed E-state index contributed by atoms with van der Waals surface area (Å²) in [4.78, 5) is 11.9.